The summed E-state index contributed by atoms with van der Waals surface area (Å²) in [6.07, 6.45) is 5.20. The summed E-state index contributed by atoms with van der Waals surface area (Å²) in [7, 11) is 0. The first-order valence-corrected chi connectivity index (χ1v) is 7.56. The molecule has 0 radical (unpaired) electrons. The molecule has 0 unspecified atom stereocenters. The van der Waals surface area contributed by atoms with Gasteiger partial charge in [0.1, 0.15) is 0 Å². The molecule has 3 rings (SSSR count). The van der Waals surface area contributed by atoms with E-state index in [1.807, 2.05) is 18.3 Å². The Balaban J connectivity index is 1.68. The van der Waals surface area contributed by atoms with E-state index in [1.165, 1.54) is 34.6 Å². The summed E-state index contributed by atoms with van der Waals surface area (Å²) in [5, 5.41) is 2.95. The molecular formula is C15H17N3OS. The minimum Gasteiger partial charge on any atom is -0.397 e. The summed E-state index contributed by atoms with van der Waals surface area (Å²) < 4.78 is 0. The molecule has 2 aromatic rings. The van der Waals surface area contributed by atoms with Crippen LogP contribution in [0.2, 0.25) is 0 Å². The van der Waals surface area contributed by atoms with E-state index >= 15 is 0 Å². The lowest BCUT2D eigenvalue weighted by Gasteiger charge is -2.07. The van der Waals surface area contributed by atoms with Crippen LogP contribution in [0.25, 0.3) is 0 Å². The highest BCUT2D eigenvalue weighted by Crippen LogP contribution is 2.30. The molecule has 4 nitrogen and oxygen atoms in total. The van der Waals surface area contributed by atoms with Crippen molar-refractivity contribution >= 4 is 22.9 Å². The monoisotopic (exact) mass is 287 g/mol. The minimum absolute atomic E-state index is 0.115. The Morgan fingerprint density at radius 1 is 1.45 bits per heavy atom. The molecule has 3 N–H and O–H groups in total. The molecule has 0 bridgehead atoms. The molecular weight excluding hydrogens is 270 g/mol. The summed E-state index contributed by atoms with van der Waals surface area (Å²) >= 11 is 1.81. The van der Waals surface area contributed by atoms with Crippen LogP contribution in [-0.4, -0.2) is 10.9 Å². The molecule has 0 aromatic carbocycles. The Kier molecular flexibility index (Phi) is 3.44. The first kappa shape index (κ1) is 13.1. The van der Waals surface area contributed by atoms with Crippen molar-refractivity contribution in [3.05, 3.63) is 44.9 Å². The number of anilines is 1. The van der Waals surface area contributed by atoms with Gasteiger partial charge in [-0.15, -0.1) is 11.3 Å². The lowest BCUT2D eigenvalue weighted by atomic mass is 10.2. The molecule has 5 heteroatoms. The van der Waals surface area contributed by atoms with Crippen molar-refractivity contribution in [2.75, 3.05) is 5.73 Å². The maximum absolute atomic E-state index is 12.2. The third kappa shape index (κ3) is 2.54. The molecule has 0 fully saturated rings. The van der Waals surface area contributed by atoms with Crippen LogP contribution in [0.15, 0.2) is 18.3 Å². The van der Waals surface area contributed by atoms with Crippen molar-refractivity contribution in [2.45, 2.75) is 32.7 Å². The smallest absolute Gasteiger partial charge is 0.253 e. The number of amides is 1. The number of hydrogen-bond donors (Lipinski definition) is 2. The molecule has 1 aliphatic rings. The quantitative estimate of drug-likeness (QED) is 0.911. The van der Waals surface area contributed by atoms with E-state index in [-0.39, 0.29) is 5.91 Å². The van der Waals surface area contributed by atoms with Crippen molar-refractivity contribution in [1.82, 2.24) is 10.3 Å². The van der Waals surface area contributed by atoms with Crippen LogP contribution in [0.4, 0.5) is 5.69 Å². The van der Waals surface area contributed by atoms with Gasteiger partial charge in [-0.05, 0) is 43.9 Å². The predicted octanol–water partition coefficient (Wildman–Crippen LogP) is 2.45. The summed E-state index contributed by atoms with van der Waals surface area (Å²) in [5.74, 6) is -0.115. The van der Waals surface area contributed by atoms with Crippen molar-refractivity contribution in [3.63, 3.8) is 0 Å². The van der Waals surface area contributed by atoms with Gasteiger partial charge in [0.2, 0.25) is 0 Å². The van der Waals surface area contributed by atoms with Gasteiger partial charge < -0.3 is 11.1 Å². The molecule has 1 amide bonds. The van der Waals surface area contributed by atoms with Gasteiger partial charge in [-0.3, -0.25) is 9.78 Å². The van der Waals surface area contributed by atoms with Crippen LogP contribution in [-0.2, 0) is 19.4 Å². The van der Waals surface area contributed by atoms with E-state index in [4.69, 9.17) is 5.73 Å². The predicted molar refractivity (Wildman–Crippen MR) is 80.9 cm³/mol. The summed E-state index contributed by atoms with van der Waals surface area (Å²) in [5.41, 5.74) is 8.90. The van der Waals surface area contributed by atoms with Crippen molar-refractivity contribution < 1.29 is 4.79 Å². The summed E-state index contributed by atoms with van der Waals surface area (Å²) in [4.78, 5) is 19.0. The first-order chi connectivity index (χ1) is 9.63. The fourth-order valence-electron chi connectivity index (χ4n) is 2.52. The molecule has 1 aliphatic carbocycles. The molecule has 0 saturated carbocycles. The number of aromatic nitrogens is 1. The van der Waals surface area contributed by atoms with Crippen molar-refractivity contribution in [1.29, 1.82) is 0 Å². The lowest BCUT2D eigenvalue weighted by Crippen LogP contribution is -2.23. The van der Waals surface area contributed by atoms with Gasteiger partial charge >= 0.3 is 0 Å². The fraction of sp³-hybridized carbons (Fsp3) is 0.333. The highest BCUT2D eigenvalue weighted by Gasteiger charge is 2.16. The van der Waals surface area contributed by atoms with Crippen LogP contribution < -0.4 is 11.1 Å². The Morgan fingerprint density at radius 3 is 3.10 bits per heavy atom. The Bertz CT molecular complexity index is 642. The third-order valence-electron chi connectivity index (χ3n) is 3.57. The van der Waals surface area contributed by atoms with Crippen molar-refractivity contribution in [2.24, 2.45) is 0 Å². The van der Waals surface area contributed by atoms with Gasteiger partial charge in [0, 0.05) is 9.75 Å². The van der Waals surface area contributed by atoms with Crippen LogP contribution in [0.3, 0.4) is 0 Å². The zero-order valence-corrected chi connectivity index (χ0v) is 12.2. The maximum atomic E-state index is 12.2. The molecule has 0 saturated heterocycles. The second-order valence-corrected chi connectivity index (χ2v) is 6.32. The molecule has 0 aliphatic heterocycles. The van der Waals surface area contributed by atoms with Crippen LogP contribution >= 0.6 is 11.3 Å². The largest absolute Gasteiger partial charge is 0.397 e. The van der Waals surface area contributed by atoms with E-state index < -0.39 is 0 Å². The standard InChI is InChI=1S/C15H17N3OS/c1-9-13(6-11(16)7-17-9)15(19)18-8-12-5-10-3-2-4-14(10)20-12/h5-7H,2-4,8,16H2,1H3,(H,18,19). The number of nitrogen functional groups attached to an aromatic ring is 1. The summed E-state index contributed by atoms with van der Waals surface area (Å²) in [6.45, 7) is 2.39. The molecule has 104 valence electrons. The van der Waals surface area contributed by atoms with Gasteiger partial charge in [0.25, 0.3) is 5.91 Å². The van der Waals surface area contributed by atoms with Gasteiger partial charge in [-0.1, -0.05) is 0 Å². The number of aryl methyl sites for hydroxylation is 3. The normalized spacial score (nSPS) is 13.2. The molecule has 2 aromatic heterocycles. The van der Waals surface area contributed by atoms with E-state index in [2.05, 4.69) is 16.4 Å². The van der Waals surface area contributed by atoms with Crippen LogP contribution in [0.5, 0.6) is 0 Å². The lowest BCUT2D eigenvalue weighted by molar-refractivity contribution is 0.0950. The third-order valence-corrected chi connectivity index (χ3v) is 4.81. The van der Waals surface area contributed by atoms with E-state index in [1.54, 1.807) is 12.3 Å². The SMILES string of the molecule is Cc1ncc(N)cc1C(=O)NCc1cc2c(s1)CCC2. The van der Waals surface area contributed by atoms with Gasteiger partial charge in [0.05, 0.1) is 29.7 Å². The second-order valence-electron chi connectivity index (χ2n) is 5.10. The number of rotatable bonds is 3. The number of hydrogen-bond acceptors (Lipinski definition) is 4. The van der Waals surface area contributed by atoms with Crippen LogP contribution in [0, 0.1) is 6.92 Å². The van der Waals surface area contributed by atoms with Gasteiger partial charge in [-0.2, -0.15) is 0 Å². The average molecular weight is 287 g/mol. The fourth-order valence-corrected chi connectivity index (χ4v) is 3.72. The van der Waals surface area contributed by atoms with E-state index in [0.717, 1.165) is 0 Å². The molecule has 2 heterocycles. The van der Waals surface area contributed by atoms with E-state index in [0.29, 0.717) is 23.5 Å². The topological polar surface area (TPSA) is 68.0 Å². The molecule has 20 heavy (non-hydrogen) atoms. The van der Waals surface area contributed by atoms with Crippen LogP contribution in [0.1, 0.15) is 37.8 Å². The number of fused-ring (bicyclic) bond motifs is 1. The minimum atomic E-state index is -0.115. The highest BCUT2D eigenvalue weighted by molar-refractivity contribution is 7.12. The Hall–Kier alpha value is -1.88. The summed E-state index contributed by atoms with van der Waals surface area (Å²) in [6, 6.07) is 3.89. The number of carbonyl (C=O) groups is 1. The maximum Gasteiger partial charge on any atom is 0.253 e. The van der Waals surface area contributed by atoms with Gasteiger partial charge in [0.15, 0.2) is 0 Å². The zero-order valence-electron chi connectivity index (χ0n) is 11.4. The zero-order chi connectivity index (χ0) is 14.1. The highest BCUT2D eigenvalue weighted by atomic mass is 32.1. The number of thiophene rings is 1. The van der Waals surface area contributed by atoms with Crippen molar-refractivity contribution in [3.8, 4) is 0 Å². The molecule has 0 spiro atoms. The Labute approximate surface area is 122 Å². The van der Waals surface area contributed by atoms with E-state index in [9.17, 15) is 4.79 Å². The average Bonchev–Trinajstić information content (AvgIpc) is 2.99. The number of carbonyl (C=O) groups excluding carboxylic acids is 1. The molecule has 0 atom stereocenters. The number of nitrogens with zero attached hydrogens (tertiary/aromatic N) is 1. The number of pyridine rings is 1. The Morgan fingerprint density at radius 2 is 2.30 bits per heavy atom. The van der Waals surface area contributed by atoms with Gasteiger partial charge in [-0.25, -0.2) is 0 Å². The second kappa shape index (κ2) is 5.25. The number of nitrogens with one attached hydrogen (secondary N) is 1. The first-order valence-electron chi connectivity index (χ1n) is 6.74. The number of nitrogens with two attached hydrogens (primary N) is 1.